The Hall–Kier alpha value is -0.610. The Morgan fingerprint density at radius 1 is 1.47 bits per heavy atom. The lowest BCUT2D eigenvalue weighted by molar-refractivity contribution is -0.140. The molecule has 4 heteroatoms. The summed E-state index contributed by atoms with van der Waals surface area (Å²) in [5.74, 6) is -0.259. The highest BCUT2D eigenvalue weighted by Crippen LogP contribution is 2.29. The summed E-state index contributed by atoms with van der Waals surface area (Å²) in [5.41, 5.74) is -1.52. The summed E-state index contributed by atoms with van der Waals surface area (Å²) in [6, 6.07) is 0. The fourth-order valence-electron chi connectivity index (χ4n) is 1.72. The van der Waals surface area contributed by atoms with Gasteiger partial charge in [-0.25, -0.2) is 0 Å². The summed E-state index contributed by atoms with van der Waals surface area (Å²) >= 11 is 0. The van der Waals surface area contributed by atoms with Gasteiger partial charge < -0.3 is 15.2 Å². The van der Waals surface area contributed by atoms with E-state index in [1.165, 1.54) is 0 Å². The molecule has 0 atom stereocenters. The molecule has 0 spiro atoms. The van der Waals surface area contributed by atoms with Gasteiger partial charge in [-0.1, -0.05) is 0 Å². The summed E-state index contributed by atoms with van der Waals surface area (Å²) < 4.78 is 5.19. The first-order chi connectivity index (χ1) is 6.90. The molecule has 0 radical (unpaired) electrons. The number of hydrogen-bond donors (Lipinski definition) is 2. The zero-order valence-electron chi connectivity index (χ0n) is 9.80. The smallest absolute Gasteiger partial charge is 0.252 e. The van der Waals surface area contributed by atoms with Crippen molar-refractivity contribution in [2.75, 3.05) is 13.7 Å². The second-order valence-electron chi connectivity index (χ2n) is 4.89. The van der Waals surface area contributed by atoms with E-state index in [9.17, 15) is 9.90 Å². The molecule has 0 aliphatic heterocycles. The molecule has 1 saturated carbocycles. The monoisotopic (exact) mass is 215 g/mol. The minimum absolute atomic E-state index is 0.259. The van der Waals surface area contributed by atoms with Crippen LogP contribution in [-0.4, -0.2) is 35.9 Å². The van der Waals surface area contributed by atoms with E-state index in [1.807, 2.05) is 13.8 Å². The van der Waals surface area contributed by atoms with Crippen LogP contribution in [0.15, 0.2) is 0 Å². The van der Waals surface area contributed by atoms with Gasteiger partial charge >= 0.3 is 0 Å². The quantitative estimate of drug-likeness (QED) is 0.730. The summed E-state index contributed by atoms with van der Waals surface area (Å²) in [7, 11) is 1.61. The van der Waals surface area contributed by atoms with Gasteiger partial charge in [-0.15, -0.1) is 0 Å². The molecule has 1 aliphatic carbocycles. The van der Waals surface area contributed by atoms with Crippen molar-refractivity contribution in [3.05, 3.63) is 0 Å². The molecule has 88 valence electrons. The van der Waals surface area contributed by atoms with Crippen LogP contribution in [0.2, 0.25) is 0 Å². The van der Waals surface area contributed by atoms with Crippen molar-refractivity contribution in [1.29, 1.82) is 0 Å². The van der Waals surface area contributed by atoms with Crippen LogP contribution in [0, 0.1) is 0 Å². The number of carbonyl (C=O) groups is 1. The fourth-order valence-corrected chi connectivity index (χ4v) is 1.72. The van der Waals surface area contributed by atoms with Gasteiger partial charge in [0.1, 0.15) is 5.60 Å². The third-order valence-electron chi connectivity index (χ3n) is 3.08. The van der Waals surface area contributed by atoms with Gasteiger partial charge in [0, 0.05) is 13.7 Å². The number of aliphatic hydroxyl groups is 1. The molecule has 1 amide bonds. The number of methoxy groups -OCH3 is 1. The van der Waals surface area contributed by atoms with Gasteiger partial charge in [0.05, 0.1) is 5.60 Å². The fraction of sp³-hybridized carbons (Fsp3) is 0.909. The lowest BCUT2D eigenvalue weighted by Gasteiger charge is -2.27. The summed E-state index contributed by atoms with van der Waals surface area (Å²) in [4.78, 5) is 11.7. The van der Waals surface area contributed by atoms with Crippen LogP contribution in [0.25, 0.3) is 0 Å². The van der Waals surface area contributed by atoms with Gasteiger partial charge in [-0.3, -0.25) is 4.79 Å². The average molecular weight is 215 g/mol. The Morgan fingerprint density at radius 3 is 2.47 bits per heavy atom. The van der Waals surface area contributed by atoms with Crippen LogP contribution >= 0.6 is 0 Å². The number of carbonyl (C=O) groups excluding carboxylic acids is 1. The number of ether oxygens (including phenoxy) is 1. The highest BCUT2D eigenvalue weighted by molar-refractivity contribution is 5.85. The van der Waals surface area contributed by atoms with E-state index >= 15 is 0 Å². The first kappa shape index (κ1) is 12.5. The van der Waals surface area contributed by atoms with Crippen molar-refractivity contribution < 1.29 is 14.6 Å². The maximum Gasteiger partial charge on any atom is 0.252 e. The largest absolute Gasteiger partial charge is 0.380 e. The molecule has 0 bridgehead atoms. The van der Waals surface area contributed by atoms with Crippen LogP contribution in [0.5, 0.6) is 0 Å². The zero-order valence-corrected chi connectivity index (χ0v) is 9.80. The number of hydrogen-bond acceptors (Lipinski definition) is 3. The van der Waals surface area contributed by atoms with Crippen molar-refractivity contribution in [2.24, 2.45) is 0 Å². The number of nitrogens with one attached hydrogen (secondary N) is 1. The Morgan fingerprint density at radius 2 is 2.00 bits per heavy atom. The molecule has 1 fully saturated rings. The zero-order chi connectivity index (χ0) is 11.5. The first-order valence-corrected chi connectivity index (χ1v) is 5.45. The Bertz CT molecular complexity index is 232. The Balaban J connectivity index is 2.42. The van der Waals surface area contributed by atoms with Gasteiger partial charge in [0.2, 0.25) is 0 Å². The van der Waals surface area contributed by atoms with Gasteiger partial charge in [-0.2, -0.15) is 0 Å². The van der Waals surface area contributed by atoms with E-state index in [2.05, 4.69) is 5.32 Å². The standard InChI is InChI=1S/C11H21NO3/c1-10(2,15-3)8-12-9(13)11(14)6-4-5-7-11/h14H,4-8H2,1-3H3,(H,12,13). The summed E-state index contributed by atoms with van der Waals surface area (Å²) in [6.45, 7) is 4.21. The molecule has 4 nitrogen and oxygen atoms in total. The molecular formula is C11H21NO3. The minimum atomic E-state index is -1.14. The van der Waals surface area contributed by atoms with Gasteiger partial charge in [0.15, 0.2) is 0 Å². The van der Waals surface area contributed by atoms with Crippen LogP contribution < -0.4 is 5.32 Å². The molecular weight excluding hydrogens is 194 g/mol. The molecule has 0 aromatic carbocycles. The first-order valence-electron chi connectivity index (χ1n) is 5.45. The molecule has 0 aromatic heterocycles. The minimum Gasteiger partial charge on any atom is -0.380 e. The van der Waals surface area contributed by atoms with E-state index in [1.54, 1.807) is 7.11 Å². The Labute approximate surface area is 91.0 Å². The van der Waals surface area contributed by atoms with Crippen LogP contribution in [-0.2, 0) is 9.53 Å². The second-order valence-corrected chi connectivity index (χ2v) is 4.89. The molecule has 0 aromatic rings. The van der Waals surface area contributed by atoms with Crippen LogP contribution in [0.3, 0.4) is 0 Å². The predicted octanol–water partition coefficient (Wildman–Crippen LogP) is 0.833. The SMILES string of the molecule is COC(C)(C)CNC(=O)C1(O)CCCC1. The maximum atomic E-state index is 11.7. The van der Waals surface area contributed by atoms with Crippen LogP contribution in [0.1, 0.15) is 39.5 Å². The van der Waals surface area contributed by atoms with Crippen LogP contribution in [0.4, 0.5) is 0 Å². The van der Waals surface area contributed by atoms with E-state index in [0.717, 1.165) is 12.8 Å². The summed E-state index contributed by atoms with van der Waals surface area (Å²) in [6.07, 6.45) is 3.01. The van der Waals surface area contributed by atoms with Crippen molar-refractivity contribution >= 4 is 5.91 Å². The third kappa shape index (κ3) is 3.18. The van der Waals surface area contributed by atoms with E-state index in [4.69, 9.17) is 4.74 Å². The van der Waals surface area contributed by atoms with Gasteiger partial charge in [-0.05, 0) is 39.5 Å². The highest BCUT2D eigenvalue weighted by atomic mass is 16.5. The van der Waals surface area contributed by atoms with E-state index < -0.39 is 5.60 Å². The molecule has 1 aliphatic rings. The molecule has 15 heavy (non-hydrogen) atoms. The number of rotatable bonds is 4. The molecule has 1 rings (SSSR count). The molecule has 0 heterocycles. The van der Waals surface area contributed by atoms with Crippen molar-refractivity contribution in [3.63, 3.8) is 0 Å². The Kier molecular flexibility index (Phi) is 3.73. The predicted molar refractivity (Wildman–Crippen MR) is 57.5 cm³/mol. The second kappa shape index (κ2) is 4.49. The molecule has 0 saturated heterocycles. The average Bonchev–Trinajstić information content (AvgIpc) is 2.63. The van der Waals surface area contributed by atoms with E-state index in [0.29, 0.717) is 19.4 Å². The van der Waals surface area contributed by atoms with Gasteiger partial charge in [0.25, 0.3) is 5.91 Å². The third-order valence-corrected chi connectivity index (χ3v) is 3.08. The van der Waals surface area contributed by atoms with Crippen molar-refractivity contribution in [1.82, 2.24) is 5.32 Å². The van der Waals surface area contributed by atoms with Crippen molar-refractivity contribution in [3.8, 4) is 0 Å². The lowest BCUT2D eigenvalue weighted by atomic mass is 10.0. The maximum absolute atomic E-state index is 11.7. The molecule has 2 N–H and O–H groups in total. The molecule has 0 unspecified atom stereocenters. The topological polar surface area (TPSA) is 58.6 Å². The lowest BCUT2D eigenvalue weighted by Crippen LogP contribution is -2.49. The highest BCUT2D eigenvalue weighted by Gasteiger charge is 2.39. The summed E-state index contributed by atoms with van der Waals surface area (Å²) in [5, 5.41) is 12.7. The normalized spacial score (nSPS) is 20.3. The number of amides is 1. The van der Waals surface area contributed by atoms with E-state index in [-0.39, 0.29) is 11.5 Å². The van der Waals surface area contributed by atoms with Crippen molar-refractivity contribution in [2.45, 2.75) is 50.7 Å².